The Morgan fingerprint density at radius 2 is 2.00 bits per heavy atom. The first-order valence-electron chi connectivity index (χ1n) is 10.3. The fourth-order valence-corrected chi connectivity index (χ4v) is 4.38. The SMILES string of the molecule is CCNC(=NCc1cccc(O)c1)NC1CC2(CCCC2)Oc2ccccc21. The maximum absolute atomic E-state index is 9.68. The summed E-state index contributed by atoms with van der Waals surface area (Å²) in [5.74, 6) is 2.06. The van der Waals surface area contributed by atoms with Gasteiger partial charge in [-0.25, -0.2) is 4.99 Å². The molecule has 2 aromatic rings. The number of hydrogen-bond acceptors (Lipinski definition) is 3. The van der Waals surface area contributed by atoms with Crippen LogP contribution in [-0.4, -0.2) is 23.2 Å². The highest BCUT2D eigenvalue weighted by Gasteiger charge is 2.43. The zero-order valence-corrected chi connectivity index (χ0v) is 16.4. The summed E-state index contributed by atoms with van der Waals surface area (Å²) < 4.78 is 6.47. The molecular formula is C23H29N3O2. The molecule has 0 saturated heterocycles. The Morgan fingerprint density at radius 3 is 2.79 bits per heavy atom. The van der Waals surface area contributed by atoms with Crippen molar-refractivity contribution in [2.24, 2.45) is 4.99 Å². The zero-order chi connectivity index (χ0) is 19.4. The van der Waals surface area contributed by atoms with E-state index >= 15 is 0 Å². The second-order valence-electron chi connectivity index (χ2n) is 7.80. The van der Waals surface area contributed by atoms with Gasteiger partial charge in [0.1, 0.15) is 17.1 Å². The van der Waals surface area contributed by atoms with Crippen LogP contribution in [0.2, 0.25) is 0 Å². The molecule has 0 bridgehead atoms. The Balaban J connectivity index is 1.56. The van der Waals surface area contributed by atoms with E-state index in [4.69, 9.17) is 9.73 Å². The lowest BCUT2D eigenvalue weighted by molar-refractivity contribution is 0.0396. The Labute approximate surface area is 166 Å². The largest absolute Gasteiger partial charge is 0.508 e. The van der Waals surface area contributed by atoms with Crippen LogP contribution >= 0.6 is 0 Å². The molecule has 1 unspecified atom stereocenters. The zero-order valence-electron chi connectivity index (χ0n) is 16.4. The molecule has 2 aliphatic rings. The number of nitrogens with zero attached hydrogens (tertiary/aromatic N) is 1. The number of fused-ring (bicyclic) bond motifs is 1. The molecule has 4 rings (SSSR count). The molecule has 1 aliphatic carbocycles. The second-order valence-corrected chi connectivity index (χ2v) is 7.80. The summed E-state index contributed by atoms with van der Waals surface area (Å²) in [6.07, 6.45) is 5.68. The highest BCUT2D eigenvalue weighted by Crippen LogP contribution is 2.46. The van der Waals surface area contributed by atoms with Crippen LogP contribution in [-0.2, 0) is 6.54 Å². The number of hydrogen-bond donors (Lipinski definition) is 3. The topological polar surface area (TPSA) is 65.9 Å². The molecule has 0 aromatic heterocycles. The van der Waals surface area contributed by atoms with E-state index in [-0.39, 0.29) is 17.4 Å². The lowest BCUT2D eigenvalue weighted by atomic mass is 9.86. The number of guanidine groups is 1. The van der Waals surface area contributed by atoms with Crippen LogP contribution < -0.4 is 15.4 Å². The van der Waals surface area contributed by atoms with Gasteiger partial charge < -0.3 is 20.5 Å². The fraction of sp³-hybridized carbons (Fsp3) is 0.435. The maximum Gasteiger partial charge on any atom is 0.192 e. The van der Waals surface area contributed by atoms with Gasteiger partial charge in [-0.3, -0.25) is 0 Å². The van der Waals surface area contributed by atoms with Crippen LogP contribution in [0.15, 0.2) is 53.5 Å². The van der Waals surface area contributed by atoms with Gasteiger partial charge in [-0.05, 0) is 56.4 Å². The molecule has 3 N–H and O–H groups in total. The van der Waals surface area contributed by atoms with Crippen molar-refractivity contribution < 1.29 is 9.84 Å². The number of nitrogens with one attached hydrogen (secondary N) is 2. The molecule has 2 aromatic carbocycles. The van der Waals surface area contributed by atoms with Gasteiger partial charge in [0.05, 0.1) is 12.6 Å². The van der Waals surface area contributed by atoms with Gasteiger partial charge in [0, 0.05) is 18.5 Å². The highest BCUT2D eigenvalue weighted by molar-refractivity contribution is 5.80. The summed E-state index contributed by atoms with van der Waals surface area (Å²) in [7, 11) is 0. The van der Waals surface area contributed by atoms with Gasteiger partial charge >= 0.3 is 0 Å². The van der Waals surface area contributed by atoms with Crippen LogP contribution in [0.3, 0.4) is 0 Å². The number of rotatable bonds is 4. The number of aromatic hydroxyl groups is 1. The van der Waals surface area contributed by atoms with Crippen molar-refractivity contribution >= 4 is 5.96 Å². The van der Waals surface area contributed by atoms with Crippen LogP contribution in [0.25, 0.3) is 0 Å². The van der Waals surface area contributed by atoms with Gasteiger partial charge in [-0.2, -0.15) is 0 Å². The average molecular weight is 380 g/mol. The van der Waals surface area contributed by atoms with Crippen LogP contribution in [0, 0.1) is 0 Å². The number of ether oxygens (including phenoxy) is 1. The molecule has 1 atom stereocenters. The number of phenols is 1. The number of para-hydroxylation sites is 1. The Bertz CT molecular complexity index is 843. The number of phenolic OH excluding ortho intramolecular Hbond substituents is 1. The predicted molar refractivity (Wildman–Crippen MR) is 112 cm³/mol. The molecule has 1 fully saturated rings. The summed E-state index contributed by atoms with van der Waals surface area (Å²) in [4.78, 5) is 4.75. The fourth-order valence-electron chi connectivity index (χ4n) is 4.38. The van der Waals surface area contributed by atoms with Crippen molar-refractivity contribution in [1.29, 1.82) is 0 Å². The molecule has 1 heterocycles. The predicted octanol–water partition coefficient (Wildman–Crippen LogP) is 4.28. The number of benzene rings is 2. The van der Waals surface area contributed by atoms with E-state index in [0.717, 1.165) is 43.1 Å². The molecule has 0 radical (unpaired) electrons. The van der Waals surface area contributed by atoms with Crippen LogP contribution in [0.5, 0.6) is 11.5 Å². The third-order valence-corrected chi connectivity index (χ3v) is 5.70. The highest BCUT2D eigenvalue weighted by atomic mass is 16.5. The van der Waals surface area contributed by atoms with Gasteiger partial charge in [0.2, 0.25) is 0 Å². The first-order chi connectivity index (χ1) is 13.7. The normalized spacial score (nSPS) is 20.5. The molecule has 28 heavy (non-hydrogen) atoms. The minimum absolute atomic E-state index is 0.0471. The molecule has 1 spiro atoms. The Hall–Kier alpha value is -2.69. The van der Waals surface area contributed by atoms with Crippen molar-refractivity contribution in [2.75, 3.05) is 6.54 Å². The molecular weight excluding hydrogens is 350 g/mol. The standard InChI is InChI=1S/C23H29N3O2/c1-2-24-22(25-16-17-8-7-9-18(27)14-17)26-20-15-23(12-5-6-13-23)28-21-11-4-3-10-19(20)21/h3-4,7-11,14,20,27H,2,5-6,12-13,15-16H2,1H3,(H2,24,25,26). The lowest BCUT2D eigenvalue weighted by Crippen LogP contribution is -2.46. The summed E-state index contributed by atoms with van der Waals surface area (Å²) in [5, 5.41) is 16.7. The second kappa shape index (κ2) is 8.13. The van der Waals surface area contributed by atoms with Gasteiger partial charge in [0.15, 0.2) is 5.96 Å². The van der Waals surface area contributed by atoms with Crippen LogP contribution in [0.4, 0.5) is 0 Å². The molecule has 5 nitrogen and oxygen atoms in total. The first kappa shape index (κ1) is 18.7. The van der Waals surface area contributed by atoms with E-state index in [0.29, 0.717) is 6.54 Å². The van der Waals surface area contributed by atoms with Gasteiger partial charge in [0.25, 0.3) is 0 Å². The van der Waals surface area contributed by atoms with Crippen molar-refractivity contribution in [1.82, 2.24) is 10.6 Å². The van der Waals surface area contributed by atoms with E-state index in [2.05, 4.69) is 35.8 Å². The third kappa shape index (κ3) is 4.08. The van der Waals surface area contributed by atoms with E-state index in [1.54, 1.807) is 12.1 Å². The summed E-state index contributed by atoms with van der Waals surface area (Å²) >= 11 is 0. The maximum atomic E-state index is 9.68. The summed E-state index contributed by atoms with van der Waals surface area (Å²) in [6, 6.07) is 15.8. The van der Waals surface area contributed by atoms with E-state index < -0.39 is 0 Å². The van der Waals surface area contributed by atoms with Crippen LogP contribution in [0.1, 0.15) is 56.2 Å². The van der Waals surface area contributed by atoms with Crippen molar-refractivity contribution in [2.45, 2.75) is 57.2 Å². The van der Waals surface area contributed by atoms with Crippen molar-refractivity contribution in [3.05, 3.63) is 59.7 Å². The summed E-state index contributed by atoms with van der Waals surface area (Å²) in [6.45, 7) is 3.38. The minimum Gasteiger partial charge on any atom is -0.508 e. The average Bonchev–Trinajstić information content (AvgIpc) is 3.13. The monoisotopic (exact) mass is 379 g/mol. The molecule has 148 valence electrons. The molecule has 1 saturated carbocycles. The minimum atomic E-state index is -0.0471. The van der Waals surface area contributed by atoms with Crippen molar-refractivity contribution in [3.8, 4) is 11.5 Å². The molecule has 5 heteroatoms. The third-order valence-electron chi connectivity index (χ3n) is 5.70. The quantitative estimate of drug-likeness (QED) is 0.548. The first-order valence-corrected chi connectivity index (χ1v) is 10.3. The van der Waals surface area contributed by atoms with Gasteiger partial charge in [-0.1, -0.05) is 30.3 Å². The Morgan fingerprint density at radius 1 is 1.18 bits per heavy atom. The number of aliphatic imine (C=N–C) groups is 1. The lowest BCUT2D eigenvalue weighted by Gasteiger charge is -2.40. The summed E-state index contributed by atoms with van der Waals surface area (Å²) in [5.41, 5.74) is 2.13. The molecule has 1 aliphatic heterocycles. The van der Waals surface area contributed by atoms with E-state index in [1.807, 2.05) is 18.2 Å². The van der Waals surface area contributed by atoms with Gasteiger partial charge in [-0.15, -0.1) is 0 Å². The smallest absolute Gasteiger partial charge is 0.192 e. The molecule has 0 amide bonds. The van der Waals surface area contributed by atoms with Crippen molar-refractivity contribution in [3.63, 3.8) is 0 Å². The van der Waals surface area contributed by atoms with E-state index in [1.165, 1.54) is 18.4 Å². The Kier molecular flexibility index (Phi) is 5.42. The van der Waals surface area contributed by atoms with E-state index in [9.17, 15) is 5.11 Å².